The van der Waals surface area contributed by atoms with Gasteiger partial charge in [-0.15, -0.1) is 5.10 Å². The van der Waals surface area contributed by atoms with Crippen LogP contribution in [-0.2, 0) is 10.0 Å². The molecule has 1 saturated carbocycles. The summed E-state index contributed by atoms with van der Waals surface area (Å²) < 4.78 is 37.0. The van der Waals surface area contributed by atoms with Gasteiger partial charge in [0.25, 0.3) is 15.9 Å². The van der Waals surface area contributed by atoms with E-state index in [4.69, 9.17) is 9.72 Å². The summed E-state index contributed by atoms with van der Waals surface area (Å²) in [6.07, 6.45) is 10.6. The fourth-order valence-electron chi connectivity index (χ4n) is 7.51. The first kappa shape index (κ1) is 32.1. The average Bonchev–Trinajstić information content (AvgIpc) is 3.83. The van der Waals surface area contributed by atoms with Gasteiger partial charge in [-0.3, -0.25) is 4.79 Å². The zero-order valence-corrected chi connectivity index (χ0v) is 28.3. The number of hydrogen-bond donors (Lipinski definition) is 2. The van der Waals surface area contributed by atoms with Crippen LogP contribution in [0, 0.1) is 11.8 Å². The summed E-state index contributed by atoms with van der Waals surface area (Å²) in [6, 6.07) is 19.9. The Hall–Kier alpha value is -4.45. The minimum Gasteiger partial charge on any atom is -0.477 e. The lowest BCUT2D eigenvalue weighted by Crippen LogP contribution is -2.41. The zero-order valence-electron chi connectivity index (χ0n) is 27.5. The van der Waals surface area contributed by atoms with Crippen LogP contribution in [0.4, 0.5) is 11.6 Å². The quantitative estimate of drug-likeness (QED) is 0.243. The summed E-state index contributed by atoms with van der Waals surface area (Å²) >= 11 is 0. The molecule has 7 rings (SSSR count). The fourth-order valence-corrected chi connectivity index (χ4v) is 8.44. The number of aromatic nitrogens is 4. The number of nitrogens with one attached hydrogen (secondary N) is 2. The lowest BCUT2D eigenvalue weighted by Gasteiger charge is -2.34. The van der Waals surface area contributed by atoms with Crippen molar-refractivity contribution in [2.24, 2.45) is 11.8 Å². The highest BCUT2D eigenvalue weighted by molar-refractivity contribution is 7.90. The maximum Gasteiger partial charge on any atom is 0.281 e. The van der Waals surface area contributed by atoms with Gasteiger partial charge < -0.3 is 15.0 Å². The van der Waals surface area contributed by atoms with Crippen molar-refractivity contribution >= 4 is 27.6 Å². The highest BCUT2D eigenvalue weighted by Gasteiger charge is 2.41. The van der Waals surface area contributed by atoms with Gasteiger partial charge in [0.1, 0.15) is 11.6 Å². The van der Waals surface area contributed by atoms with E-state index in [-0.39, 0.29) is 22.2 Å². The molecule has 4 aromatic rings. The smallest absolute Gasteiger partial charge is 0.281 e. The molecule has 1 aromatic carbocycles. The van der Waals surface area contributed by atoms with E-state index in [1.165, 1.54) is 31.7 Å². The molecule has 252 valence electrons. The summed E-state index contributed by atoms with van der Waals surface area (Å²) in [5.41, 5.74) is 0.918. The summed E-state index contributed by atoms with van der Waals surface area (Å²) in [5, 5.41) is 7.85. The molecular weight excluding hydrogens is 627 g/mol. The number of anilines is 2. The van der Waals surface area contributed by atoms with Crippen LogP contribution < -0.4 is 19.7 Å². The van der Waals surface area contributed by atoms with Crippen LogP contribution in [-0.4, -0.2) is 52.8 Å². The zero-order chi connectivity index (χ0) is 33.3. The molecule has 12 heteroatoms. The molecule has 2 fully saturated rings. The van der Waals surface area contributed by atoms with E-state index in [0.29, 0.717) is 42.4 Å². The molecule has 1 aliphatic carbocycles. The van der Waals surface area contributed by atoms with Gasteiger partial charge in [0.05, 0.1) is 18.2 Å². The maximum atomic E-state index is 13.8. The van der Waals surface area contributed by atoms with Crippen molar-refractivity contribution in [1.82, 2.24) is 24.5 Å². The predicted molar refractivity (Wildman–Crippen MR) is 184 cm³/mol. The monoisotopic (exact) mass is 669 g/mol. The Morgan fingerprint density at radius 2 is 1.75 bits per heavy atom. The van der Waals surface area contributed by atoms with Gasteiger partial charge in [-0.05, 0) is 81.2 Å². The minimum atomic E-state index is -4.30. The van der Waals surface area contributed by atoms with Gasteiger partial charge in [0.2, 0.25) is 5.88 Å². The highest BCUT2D eigenvalue weighted by atomic mass is 32.2. The van der Waals surface area contributed by atoms with E-state index >= 15 is 0 Å². The van der Waals surface area contributed by atoms with Crippen molar-refractivity contribution in [3.63, 3.8) is 0 Å². The third kappa shape index (κ3) is 6.89. The van der Waals surface area contributed by atoms with Crippen molar-refractivity contribution in [2.75, 3.05) is 23.4 Å². The number of carbonyl (C=O) groups is 1. The van der Waals surface area contributed by atoms with E-state index in [2.05, 4.69) is 51.0 Å². The van der Waals surface area contributed by atoms with Gasteiger partial charge in [0.15, 0.2) is 10.8 Å². The van der Waals surface area contributed by atoms with Crippen LogP contribution in [0.25, 0.3) is 5.82 Å². The van der Waals surface area contributed by atoms with Gasteiger partial charge in [-0.1, -0.05) is 62.1 Å². The molecule has 1 unspecified atom stereocenters. The van der Waals surface area contributed by atoms with E-state index in [9.17, 15) is 13.2 Å². The van der Waals surface area contributed by atoms with Crippen molar-refractivity contribution < 1.29 is 17.9 Å². The molecule has 48 heavy (non-hydrogen) atoms. The van der Waals surface area contributed by atoms with Crippen molar-refractivity contribution in [1.29, 1.82) is 0 Å². The number of pyridine rings is 2. The average molecular weight is 670 g/mol. The van der Waals surface area contributed by atoms with E-state index in [1.807, 2.05) is 24.3 Å². The summed E-state index contributed by atoms with van der Waals surface area (Å²) in [7, 11) is -4.30. The number of hydrogen-bond acceptors (Lipinski definition) is 9. The summed E-state index contributed by atoms with van der Waals surface area (Å²) in [5.74, 6) is 2.15. The first-order valence-electron chi connectivity index (χ1n) is 17.0. The first-order valence-corrected chi connectivity index (χ1v) is 18.5. The molecule has 0 radical (unpaired) electrons. The second kappa shape index (κ2) is 13.2. The third-order valence-corrected chi connectivity index (χ3v) is 11.2. The third-order valence-electron chi connectivity index (χ3n) is 9.98. The summed E-state index contributed by atoms with van der Waals surface area (Å²) in [6.45, 7) is 5.58. The lowest BCUT2D eigenvalue weighted by atomic mass is 9.90. The topological polar surface area (TPSA) is 131 Å². The molecule has 11 nitrogen and oxygen atoms in total. The molecule has 1 saturated heterocycles. The van der Waals surface area contributed by atoms with Gasteiger partial charge in [-0.25, -0.2) is 19.4 Å². The normalized spacial score (nSPS) is 22.2. The second-order valence-electron chi connectivity index (χ2n) is 13.9. The molecule has 3 aliphatic rings. The van der Waals surface area contributed by atoms with E-state index in [1.54, 1.807) is 35.1 Å². The molecule has 4 bridgehead atoms. The van der Waals surface area contributed by atoms with Crippen LogP contribution >= 0.6 is 0 Å². The number of benzene rings is 1. The Labute approximate surface area is 282 Å². The van der Waals surface area contributed by atoms with Crippen molar-refractivity contribution in [2.45, 2.75) is 81.8 Å². The Morgan fingerprint density at radius 1 is 0.938 bits per heavy atom. The fraction of sp³-hybridized carbons (Fsp3) is 0.444. The molecule has 1 amide bonds. The Morgan fingerprint density at radius 3 is 2.56 bits per heavy atom. The number of amides is 1. The Bertz CT molecular complexity index is 1870. The van der Waals surface area contributed by atoms with Crippen LogP contribution in [0.2, 0.25) is 0 Å². The van der Waals surface area contributed by atoms with Gasteiger partial charge in [0, 0.05) is 24.3 Å². The standard InChI is InChI=1S/C36H43N7O4S/c1-36(2)23-26-15-17-29(27-11-4-3-5-12-27)37-30-13-8-14-33(38-30)48(45,46)41-35(44)28-16-18-31(39-34(28)42(36)24-26)43-21-19-32(40-43)47-22-20-25-9-6-7-10-25/h3-5,8,11-14,16,18-19,21,25-26,29H,6-7,9-10,15,17,20,22-24H2,1-2H3,(H,37,38)(H,41,44)/t26-,29?/m0/s1. The first-order chi connectivity index (χ1) is 23.1. The van der Waals surface area contributed by atoms with E-state index < -0.39 is 15.9 Å². The largest absolute Gasteiger partial charge is 0.477 e. The van der Waals surface area contributed by atoms with E-state index in [0.717, 1.165) is 37.2 Å². The van der Waals surface area contributed by atoms with Gasteiger partial charge >= 0.3 is 0 Å². The number of rotatable bonds is 6. The number of carbonyl (C=O) groups excluding carboxylic acids is 1. The van der Waals surface area contributed by atoms with Crippen LogP contribution in [0.15, 0.2) is 78.0 Å². The maximum absolute atomic E-state index is 13.8. The number of ether oxygens (including phenoxy) is 1. The molecular formula is C36H43N7O4S. The van der Waals surface area contributed by atoms with Crippen LogP contribution in [0.1, 0.15) is 87.2 Å². The number of nitrogens with zero attached hydrogens (tertiary/aromatic N) is 5. The molecule has 2 N–H and O–H groups in total. The Kier molecular flexibility index (Phi) is 8.84. The lowest BCUT2D eigenvalue weighted by molar-refractivity contribution is 0.0981. The Balaban J connectivity index is 1.22. The van der Waals surface area contributed by atoms with Crippen LogP contribution in [0.5, 0.6) is 5.88 Å². The molecule has 5 heterocycles. The molecule has 3 aromatic heterocycles. The number of sulfonamides is 1. The number of fused-ring (bicyclic) bond motifs is 6. The molecule has 2 atom stereocenters. The molecule has 2 aliphatic heterocycles. The van der Waals surface area contributed by atoms with Crippen LogP contribution in [0.3, 0.4) is 0 Å². The van der Waals surface area contributed by atoms with Gasteiger partial charge in [-0.2, -0.15) is 8.42 Å². The van der Waals surface area contributed by atoms with Crippen molar-refractivity contribution in [3.8, 4) is 11.7 Å². The SMILES string of the molecule is CC1(C)C[C@@H]2CCC(c3ccccc3)Nc3cccc(n3)S(=O)(=O)NC(=O)c3ccc(-n4ccc(OCCC5CCCC5)n4)nc3N1C2. The predicted octanol–water partition coefficient (Wildman–Crippen LogP) is 6.29. The minimum absolute atomic E-state index is 0.0834. The molecule has 0 spiro atoms. The summed E-state index contributed by atoms with van der Waals surface area (Å²) in [4.78, 5) is 25.3. The van der Waals surface area contributed by atoms with Crippen molar-refractivity contribution in [3.05, 3.63) is 84.1 Å². The second-order valence-corrected chi connectivity index (χ2v) is 15.5. The highest BCUT2D eigenvalue weighted by Crippen LogP contribution is 2.41.